The molecule has 268 valence electrons. The Bertz CT molecular complexity index is 1990. The van der Waals surface area contributed by atoms with E-state index < -0.39 is 47.2 Å². The molecule has 0 aliphatic carbocycles. The molecule has 51 heavy (non-hydrogen) atoms. The van der Waals surface area contributed by atoms with Gasteiger partial charge in [-0.2, -0.15) is 5.10 Å². The average Bonchev–Trinajstić information content (AvgIpc) is 3.70. The van der Waals surface area contributed by atoms with Crippen LogP contribution in [0.1, 0.15) is 82.5 Å². The van der Waals surface area contributed by atoms with Crippen LogP contribution < -0.4 is 20.1 Å². The maximum Gasteiger partial charge on any atom is 0.410 e. The van der Waals surface area contributed by atoms with E-state index in [1.807, 2.05) is 6.92 Å². The number of carbonyl (C=O) groups is 5. The van der Waals surface area contributed by atoms with E-state index in [9.17, 15) is 24.0 Å². The summed E-state index contributed by atoms with van der Waals surface area (Å²) in [5.74, 6) is -2.79. The molecule has 1 fully saturated rings. The Kier molecular flexibility index (Phi) is 10.7. The number of carbonyl (C=O) groups excluding carboxylic acids is 5. The van der Waals surface area contributed by atoms with Crippen molar-refractivity contribution in [1.82, 2.24) is 25.3 Å². The third-order valence-electron chi connectivity index (χ3n) is 8.12. The number of benzene rings is 3. The largest absolute Gasteiger partial charge is 0.494 e. The fourth-order valence-corrected chi connectivity index (χ4v) is 5.66. The van der Waals surface area contributed by atoms with Crippen molar-refractivity contribution in [2.24, 2.45) is 0 Å². The Hall–Kier alpha value is -5.79. The summed E-state index contributed by atoms with van der Waals surface area (Å²) in [5.41, 5.74) is 0.0998. The molecule has 0 radical (unpaired) electrons. The molecular weight excluding hydrogens is 661 g/mol. The monoisotopic (exact) mass is 701 g/mol. The third kappa shape index (κ3) is 8.17. The number of nitrogens with zero attached hydrogens (tertiary/aromatic N) is 3. The van der Waals surface area contributed by atoms with Crippen molar-refractivity contribution < 1.29 is 42.6 Å². The quantitative estimate of drug-likeness (QED) is 0.217. The van der Waals surface area contributed by atoms with Crippen molar-refractivity contribution in [2.45, 2.75) is 58.7 Å². The third-order valence-corrected chi connectivity index (χ3v) is 8.12. The summed E-state index contributed by atoms with van der Waals surface area (Å²) in [6.45, 7) is 8.85. The van der Waals surface area contributed by atoms with Crippen LogP contribution in [0.3, 0.4) is 0 Å². The van der Waals surface area contributed by atoms with Crippen LogP contribution in [0.5, 0.6) is 11.5 Å². The molecule has 14 heteroatoms. The molecule has 3 amide bonds. The Morgan fingerprint density at radius 3 is 2.06 bits per heavy atom. The summed E-state index contributed by atoms with van der Waals surface area (Å²) >= 11 is 0. The number of likely N-dealkylation sites (tertiary alicyclic amines) is 1. The number of aromatic nitrogens is 2. The molecular formula is C37H40FN5O8. The standard InChI is InChI=1S/C37H40FN5O8/c1-7-16-50-29-14-15-30(49-6)32(38)31(29)33(45)22-8-10-23(11-9-22)34(46)40-26-19-42(36(48)51-37(3,4)5)20-27(26)41-35(47)24-12-13-28-25(17-24)18-39-43(28)21(2)44/h8-15,17-18,26-27H,7,16,19-20H2,1-6H3,(H,40,46)(H,41,47). The van der Waals surface area contributed by atoms with Gasteiger partial charge in [0, 0.05) is 42.1 Å². The van der Waals surface area contributed by atoms with Crippen molar-refractivity contribution in [3.63, 3.8) is 0 Å². The van der Waals surface area contributed by atoms with Gasteiger partial charge in [-0.25, -0.2) is 13.9 Å². The lowest BCUT2D eigenvalue weighted by Crippen LogP contribution is -2.51. The van der Waals surface area contributed by atoms with E-state index >= 15 is 4.39 Å². The highest BCUT2D eigenvalue weighted by Gasteiger charge is 2.39. The van der Waals surface area contributed by atoms with Gasteiger partial charge in [0.05, 0.1) is 37.5 Å². The Morgan fingerprint density at radius 2 is 1.47 bits per heavy atom. The van der Waals surface area contributed by atoms with E-state index in [4.69, 9.17) is 14.2 Å². The topological polar surface area (TPSA) is 158 Å². The van der Waals surface area contributed by atoms with Gasteiger partial charge in [-0.05, 0) is 69.7 Å². The number of rotatable bonds is 10. The number of ketones is 1. The molecule has 0 saturated carbocycles. The summed E-state index contributed by atoms with van der Waals surface area (Å²) in [7, 11) is 1.30. The molecule has 0 spiro atoms. The predicted octanol–water partition coefficient (Wildman–Crippen LogP) is 5.01. The first kappa shape index (κ1) is 36.5. The molecule has 0 bridgehead atoms. The first-order valence-corrected chi connectivity index (χ1v) is 16.4. The molecule has 3 aromatic carbocycles. The van der Waals surface area contributed by atoms with Crippen LogP contribution in [0.2, 0.25) is 0 Å². The summed E-state index contributed by atoms with van der Waals surface area (Å²) in [4.78, 5) is 66.6. The second kappa shape index (κ2) is 15.0. The molecule has 1 aromatic heterocycles. The maximum atomic E-state index is 15.3. The second-order valence-corrected chi connectivity index (χ2v) is 13.1. The van der Waals surface area contributed by atoms with E-state index in [1.165, 1.54) is 66.2 Å². The number of nitrogens with one attached hydrogen (secondary N) is 2. The Morgan fingerprint density at radius 1 is 0.882 bits per heavy atom. The zero-order valence-corrected chi connectivity index (χ0v) is 29.2. The first-order valence-electron chi connectivity index (χ1n) is 16.4. The van der Waals surface area contributed by atoms with Crippen LogP contribution in [-0.4, -0.2) is 88.8 Å². The van der Waals surface area contributed by atoms with Crippen molar-refractivity contribution in [3.05, 3.63) is 88.9 Å². The van der Waals surface area contributed by atoms with E-state index in [-0.39, 0.29) is 53.8 Å². The van der Waals surface area contributed by atoms with Crippen molar-refractivity contribution in [3.8, 4) is 11.5 Å². The van der Waals surface area contributed by atoms with Gasteiger partial charge in [0.15, 0.2) is 17.3 Å². The molecule has 5 rings (SSSR count). The van der Waals surface area contributed by atoms with Gasteiger partial charge in [0.2, 0.25) is 5.91 Å². The lowest BCUT2D eigenvalue weighted by Gasteiger charge is -2.24. The van der Waals surface area contributed by atoms with Crippen LogP contribution in [0.25, 0.3) is 10.9 Å². The summed E-state index contributed by atoms with van der Waals surface area (Å²) < 4.78 is 32.7. The van der Waals surface area contributed by atoms with Crippen molar-refractivity contribution >= 4 is 40.5 Å². The fourth-order valence-electron chi connectivity index (χ4n) is 5.66. The summed E-state index contributed by atoms with van der Waals surface area (Å²) in [5, 5.41) is 10.5. The zero-order valence-electron chi connectivity index (χ0n) is 29.2. The number of methoxy groups -OCH3 is 1. The zero-order chi connectivity index (χ0) is 37.0. The minimum absolute atomic E-state index is 0.0439. The van der Waals surface area contributed by atoms with Crippen molar-refractivity contribution in [1.29, 1.82) is 0 Å². The Labute approximate surface area is 294 Å². The molecule has 1 aliphatic heterocycles. The van der Waals surface area contributed by atoms with Gasteiger partial charge in [0.25, 0.3) is 11.8 Å². The maximum absolute atomic E-state index is 15.3. The normalized spacial score (nSPS) is 15.7. The number of hydrogen-bond acceptors (Lipinski definition) is 9. The van der Waals surface area contributed by atoms with E-state index in [0.29, 0.717) is 22.9 Å². The predicted molar refractivity (Wildman–Crippen MR) is 185 cm³/mol. The molecule has 2 heterocycles. The minimum Gasteiger partial charge on any atom is -0.494 e. The number of fused-ring (bicyclic) bond motifs is 1. The van der Waals surface area contributed by atoms with Gasteiger partial charge in [-0.15, -0.1) is 0 Å². The average molecular weight is 702 g/mol. The first-order chi connectivity index (χ1) is 24.2. The van der Waals surface area contributed by atoms with Crippen LogP contribution in [-0.2, 0) is 4.74 Å². The SMILES string of the molecule is CCCOc1ccc(OC)c(F)c1C(=O)c1ccc(C(=O)NC2CN(C(=O)OC(C)(C)C)CC2NC(=O)c2ccc3c(cnn3C(C)=O)c2)cc1. The molecule has 2 unspecified atom stereocenters. The molecule has 1 saturated heterocycles. The van der Waals surface area contributed by atoms with Crippen LogP contribution in [0.4, 0.5) is 9.18 Å². The van der Waals surface area contributed by atoms with Crippen LogP contribution in [0, 0.1) is 5.82 Å². The minimum atomic E-state index is -0.854. The highest BCUT2D eigenvalue weighted by Crippen LogP contribution is 2.31. The number of amides is 3. The fraction of sp³-hybridized carbons (Fsp3) is 0.351. The molecule has 13 nitrogen and oxygen atoms in total. The van der Waals surface area contributed by atoms with Gasteiger partial charge in [-0.1, -0.05) is 19.1 Å². The second-order valence-electron chi connectivity index (χ2n) is 13.1. The van der Waals surface area contributed by atoms with E-state index in [0.717, 1.165) is 0 Å². The van der Waals surface area contributed by atoms with Crippen LogP contribution >= 0.6 is 0 Å². The van der Waals surface area contributed by atoms with Gasteiger partial charge < -0.3 is 29.7 Å². The number of ether oxygens (including phenoxy) is 3. The summed E-state index contributed by atoms with van der Waals surface area (Å²) in [6, 6.07) is 11.9. The Balaban J connectivity index is 1.34. The molecule has 2 N–H and O–H groups in total. The van der Waals surface area contributed by atoms with E-state index in [1.54, 1.807) is 39.0 Å². The smallest absolute Gasteiger partial charge is 0.410 e. The number of halogens is 1. The van der Waals surface area contributed by atoms with Crippen molar-refractivity contribution in [2.75, 3.05) is 26.8 Å². The van der Waals surface area contributed by atoms with Gasteiger partial charge in [0.1, 0.15) is 16.9 Å². The lowest BCUT2D eigenvalue weighted by atomic mass is 10.00. The highest BCUT2D eigenvalue weighted by atomic mass is 19.1. The molecule has 1 aliphatic rings. The van der Waals surface area contributed by atoms with Crippen LogP contribution in [0.15, 0.2) is 60.8 Å². The van der Waals surface area contributed by atoms with Gasteiger partial charge >= 0.3 is 6.09 Å². The number of hydrogen-bond donors (Lipinski definition) is 2. The van der Waals surface area contributed by atoms with E-state index in [2.05, 4.69) is 15.7 Å². The lowest BCUT2D eigenvalue weighted by molar-refractivity contribution is 0.0286. The highest BCUT2D eigenvalue weighted by molar-refractivity contribution is 6.11. The van der Waals surface area contributed by atoms with Gasteiger partial charge in [-0.3, -0.25) is 19.2 Å². The molecule has 4 aromatic rings. The molecule has 2 atom stereocenters. The summed E-state index contributed by atoms with van der Waals surface area (Å²) in [6.07, 6.45) is 1.53.